The van der Waals surface area contributed by atoms with Crippen molar-refractivity contribution in [2.45, 2.75) is 57.3 Å². The molecule has 9 nitrogen and oxygen atoms in total. The molecule has 0 N–H and O–H groups in total. The van der Waals surface area contributed by atoms with E-state index in [-0.39, 0.29) is 5.54 Å². The van der Waals surface area contributed by atoms with Crippen LogP contribution in [0.3, 0.4) is 0 Å². The Kier molecular flexibility index (Phi) is 6.02. The summed E-state index contributed by atoms with van der Waals surface area (Å²) in [7, 11) is 1.74. The summed E-state index contributed by atoms with van der Waals surface area (Å²) in [6, 6.07) is 13.3. The Morgan fingerprint density at radius 3 is 2.68 bits per heavy atom. The second-order valence-electron chi connectivity index (χ2n) is 12.0. The van der Waals surface area contributed by atoms with Crippen molar-refractivity contribution in [2.24, 2.45) is 0 Å². The molecule has 0 radical (unpaired) electrons. The molecule has 8 rings (SSSR count). The second-order valence-corrected chi connectivity index (χ2v) is 12.0. The molecule has 0 amide bonds. The number of ether oxygens (including phenoxy) is 2. The zero-order valence-electron chi connectivity index (χ0n) is 23.8. The minimum atomic E-state index is 0.155. The summed E-state index contributed by atoms with van der Waals surface area (Å²) in [5.41, 5.74) is 4.87. The van der Waals surface area contributed by atoms with Crippen molar-refractivity contribution in [2.75, 3.05) is 49.7 Å². The van der Waals surface area contributed by atoms with Gasteiger partial charge in [-0.25, -0.2) is 4.98 Å². The Morgan fingerprint density at radius 1 is 0.927 bits per heavy atom. The largest absolute Gasteiger partial charge is 0.497 e. The Bertz CT molecular complexity index is 1590. The van der Waals surface area contributed by atoms with Crippen LogP contribution >= 0.6 is 0 Å². The van der Waals surface area contributed by atoms with Gasteiger partial charge in [-0.05, 0) is 56.6 Å². The lowest BCUT2D eigenvalue weighted by Crippen LogP contribution is -2.43. The van der Waals surface area contributed by atoms with Crippen molar-refractivity contribution in [3.05, 3.63) is 65.9 Å². The Hall–Kier alpha value is -3.85. The summed E-state index contributed by atoms with van der Waals surface area (Å²) in [4.78, 5) is 22.1. The molecular weight excluding hydrogens is 514 g/mol. The van der Waals surface area contributed by atoms with Gasteiger partial charge in [-0.15, -0.1) is 0 Å². The lowest BCUT2D eigenvalue weighted by molar-refractivity contribution is 0.107. The first-order valence-corrected chi connectivity index (χ1v) is 15.0. The fourth-order valence-electron chi connectivity index (χ4n) is 7.59. The second kappa shape index (κ2) is 9.91. The van der Waals surface area contributed by atoms with E-state index in [1.54, 1.807) is 7.11 Å². The van der Waals surface area contributed by atoms with Gasteiger partial charge in [-0.1, -0.05) is 24.3 Å². The number of anilines is 2. The fraction of sp³-hybridized carbons (Fsp3) is 0.469. The van der Waals surface area contributed by atoms with Gasteiger partial charge in [0, 0.05) is 48.5 Å². The lowest BCUT2D eigenvalue weighted by atomic mass is 9.95. The molecule has 212 valence electrons. The van der Waals surface area contributed by atoms with Crippen molar-refractivity contribution >= 4 is 22.3 Å². The van der Waals surface area contributed by atoms with Crippen LogP contribution in [0.5, 0.6) is 11.8 Å². The summed E-state index contributed by atoms with van der Waals surface area (Å²) < 4.78 is 14.5. The molecule has 4 aromatic rings. The van der Waals surface area contributed by atoms with Gasteiger partial charge in [0.05, 0.1) is 43.5 Å². The molecule has 2 saturated heterocycles. The summed E-state index contributed by atoms with van der Waals surface area (Å²) in [5.74, 6) is 1.90. The number of nitrogens with zero attached hydrogens (tertiary/aromatic N) is 7. The first-order chi connectivity index (χ1) is 20.2. The number of aromatic nitrogens is 4. The Labute approximate surface area is 240 Å². The van der Waals surface area contributed by atoms with Gasteiger partial charge in [0.25, 0.3) is 0 Å². The van der Waals surface area contributed by atoms with Crippen LogP contribution < -0.4 is 19.3 Å². The van der Waals surface area contributed by atoms with E-state index in [0.29, 0.717) is 19.2 Å². The molecule has 9 heteroatoms. The van der Waals surface area contributed by atoms with E-state index < -0.39 is 0 Å². The van der Waals surface area contributed by atoms with E-state index in [9.17, 15) is 0 Å². The zero-order chi connectivity index (χ0) is 27.4. The van der Waals surface area contributed by atoms with Crippen LogP contribution in [0.4, 0.5) is 11.5 Å². The number of benzene rings is 2. The maximum atomic E-state index is 6.55. The van der Waals surface area contributed by atoms with Crippen molar-refractivity contribution in [3.8, 4) is 11.8 Å². The zero-order valence-corrected chi connectivity index (χ0v) is 23.8. The first kappa shape index (κ1) is 24.9. The van der Waals surface area contributed by atoms with Gasteiger partial charge >= 0.3 is 6.01 Å². The molecule has 0 spiro atoms. The monoisotopic (exact) mass is 551 g/mol. The molecule has 0 unspecified atom stereocenters. The average Bonchev–Trinajstić information content (AvgIpc) is 3.74. The summed E-state index contributed by atoms with van der Waals surface area (Å²) >= 11 is 0. The highest BCUT2D eigenvalue weighted by molar-refractivity contribution is 5.95. The van der Waals surface area contributed by atoms with Crippen LogP contribution in [0.1, 0.15) is 42.6 Å². The molecule has 41 heavy (non-hydrogen) atoms. The third-order valence-electron chi connectivity index (χ3n) is 9.76. The summed E-state index contributed by atoms with van der Waals surface area (Å²) in [6.07, 6.45) is 9.70. The normalized spacial score (nSPS) is 19.7. The van der Waals surface area contributed by atoms with E-state index in [1.165, 1.54) is 66.5 Å². The maximum absolute atomic E-state index is 6.55. The van der Waals surface area contributed by atoms with Crippen molar-refractivity contribution in [3.63, 3.8) is 0 Å². The number of fused-ring (bicyclic) bond motifs is 4. The number of hydrogen-bond donors (Lipinski definition) is 0. The molecular formula is C32H37N7O2. The summed E-state index contributed by atoms with van der Waals surface area (Å²) in [6.45, 7) is 7.24. The number of imidazole rings is 1. The van der Waals surface area contributed by atoms with Gasteiger partial charge in [-0.3, -0.25) is 4.90 Å². The molecule has 2 fully saturated rings. The molecule has 4 aliphatic heterocycles. The van der Waals surface area contributed by atoms with Crippen LogP contribution in [0.25, 0.3) is 10.8 Å². The molecule has 0 bridgehead atoms. The van der Waals surface area contributed by atoms with Crippen LogP contribution in [0.15, 0.2) is 48.9 Å². The van der Waals surface area contributed by atoms with Crippen LogP contribution in [-0.2, 0) is 26.1 Å². The predicted molar refractivity (Wildman–Crippen MR) is 159 cm³/mol. The standard InChI is InChI=1S/C32H37N7O2/c1-40-25-16-23-6-2-3-7-26(23)29(17-25)36-13-8-27-28(20-36)34-31(41-21-32-9-4-11-39(32)12-5-10-32)35-30(27)37-14-15-38-22-33-18-24(38)19-37/h2-3,6-7,16-18,22H,4-5,8-15,19-21H2,1H3. The van der Waals surface area contributed by atoms with Gasteiger partial charge in [0.2, 0.25) is 0 Å². The number of rotatable bonds is 6. The minimum Gasteiger partial charge on any atom is -0.497 e. The van der Waals surface area contributed by atoms with Crippen molar-refractivity contribution < 1.29 is 9.47 Å². The Balaban J connectivity index is 1.15. The van der Waals surface area contributed by atoms with Gasteiger partial charge in [-0.2, -0.15) is 9.97 Å². The minimum absolute atomic E-state index is 0.155. The molecule has 0 aliphatic carbocycles. The first-order valence-electron chi connectivity index (χ1n) is 15.0. The highest BCUT2D eigenvalue weighted by Crippen LogP contribution is 2.40. The van der Waals surface area contributed by atoms with Crippen molar-refractivity contribution in [1.82, 2.24) is 24.4 Å². The highest BCUT2D eigenvalue weighted by atomic mass is 16.5. The topological polar surface area (TPSA) is 71.8 Å². The molecule has 2 aromatic carbocycles. The molecule has 6 heterocycles. The number of methoxy groups -OCH3 is 1. The molecule has 4 aliphatic rings. The average molecular weight is 552 g/mol. The SMILES string of the molecule is COc1cc(N2CCc3c(nc(OCC45CCCN4CCC5)nc3N3CCn4cncc4C3)C2)c2ccccc2c1. The van der Waals surface area contributed by atoms with E-state index in [0.717, 1.165) is 49.9 Å². The summed E-state index contributed by atoms with van der Waals surface area (Å²) in [5, 5.41) is 2.41. The third kappa shape index (κ3) is 4.29. The van der Waals surface area contributed by atoms with E-state index >= 15 is 0 Å². The number of hydrogen-bond acceptors (Lipinski definition) is 8. The van der Waals surface area contributed by atoms with E-state index in [4.69, 9.17) is 19.4 Å². The van der Waals surface area contributed by atoms with Gasteiger partial charge in [0.1, 0.15) is 18.2 Å². The van der Waals surface area contributed by atoms with Crippen LogP contribution in [0, 0.1) is 0 Å². The highest BCUT2D eigenvalue weighted by Gasteiger charge is 2.45. The third-order valence-corrected chi connectivity index (χ3v) is 9.76. The van der Waals surface area contributed by atoms with E-state index in [2.05, 4.69) is 60.6 Å². The van der Waals surface area contributed by atoms with E-state index in [1.807, 2.05) is 12.5 Å². The fourth-order valence-corrected chi connectivity index (χ4v) is 7.59. The predicted octanol–water partition coefficient (Wildman–Crippen LogP) is 4.43. The van der Waals surface area contributed by atoms with Gasteiger partial charge < -0.3 is 23.8 Å². The van der Waals surface area contributed by atoms with Gasteiger partial charge in [0.15, 0.2) is 0 Å². The smallest absolute Gasteiger partial charge is 0.318 e. The molecule has 0 atom stereocenters. The maximum Gasteiger partial charge on any atom is 0.318 e. The van der Waals surface area contributed by atoms with Crippen molar-refractivity contribution in [1.29, 1.82) is 0 Å². The quantitative estimate of drug-likeness (QED) is 0.349. The van der Waals surface area contributed by atoms with Crippen LogP contribution in [0.2, 0.25) is 0 Å². The molecule has 0 saturated carbocycles. The molecule has 2 aromatic heterocycles. The lowest BCUT2D eigenvalue weighted by Gasteiger charge is -2.36. The Morgan fingerprint density at radius 2 is 1.80 bits per heavy atom. The van der Waals surface area contributed by atoms with Crippen LogP contribution in [-0.4, -0.2) is 69.9 Å².